The molecule has 1 aromatic heterocycles. The fraction of sp³-hybridized carbons (Fsp3) is 0.294. The van der Waals surface area contributed by atoms with Crippen LogP contribution in [0, 0.1) is 11.9 Å². The number of aromatic nitrogens is 1. The smallest absolute Gasteiger partial charge is 0.253 e. The summed E-state index contributed by atoms with van der Waals surface area (Å²) < 4.78 is 12.8. The van der Waals surface area contributed by atoms with Gasteiger partial charge in [0.15, 0.2) is 0 Å². The minimum absolute atomic E-state index is 0.0660. The second kappa shape index (κ2) is 6.97. The van der Waals surface area contributed by atoms with Crippen molar-refractivity contribution in [3.05, 3.63) is 65.7 Å². The van der Waals surface area contributed by atoms with Gasteiger partial charge in [0.1, 0.15) is 0 Å². The minimum Gasteiger partial charge on any atom is -0.345 e. The molecule has 0 fully saturated rings. The van der Waals surface area contributed by atoms with Crippen LogP contribution in [-0.2, 0) is 0 Å². The van der Waals surface area contributed by atoms with Crippen molar-refractivity contribution in [2.24, 2.45) is 5.92 Å². The molecule has 110 valence electrons. The van der Waals surface area contributed by atoms with Gasteiger partial charge < -0.3 is 5.32 Å². The summed E-state index contributed by atoms with van der Waals surface area (Å²) in [6.07, 6.45) is 2.09. The molecule has 0 saturated heterocycles. The zero-order valence-corrected chi connectivity index (χ0v) is 12.2. The second-order valence-electron chi connectivity index (χ2n) is 5.44. The molecule has 3 nitrogen and oxygen atoms in total. The first-order chi connectivity index (χ1) is 10.1. The van der Waals surface area contributed by atoms with E-state index in [0.29, 0.717) is 11.5 Å². The van der Waals surface area contributed by atoms with Gasteiger partial charge in [0.05, 0.1) is 11.6 Å². The van der Waals surface area contributed by atoms with Crippen molar-refractivity contribution in [2.75, 3.05) is 0 Å². The van der Waals surface area contributed by atoms with E-state index in [2.05, 4.69) is 24.1 Å². The van der Waals surface area contributed by atoms with Gasteiger partial charge in [-0.15, -0.1) is 0 Å². The van der Waals surface area contributed by atoms with Gasteiger partial charge in [0, 0.05) is 6.20 Å². The van der Waals surface area contributed by atoms with Gasteiger partial charge in [-0.25, -0.2) is 4.98 Å². The summed E-state index contributed by atoms with van der Waals surface area (Å²) >= 11 is 0. The third kappa shape index (κ3) is 4.38. The van der Waals surface area contributed by atoms with Crippen molar-refractivity contribution in [1.82, 2.24) is 10.3 Å². The Balaban J connectivity index is 2.15. The normalized spacial score (nSPS) is 12.2. The molecule has 1 unspecified atom stereocenters. The second-order valence-corrected chi connectivity index (χ2v) is 5.44. The fourth-order valence-corrected chi connectivity index (χ4v) is 2.19. The van der Waals surface area contributed by atoms with E-state index in [-0.39, 0.29) is 11.9 Å². The van der Waals surface area contributed by atoms with Crippen LogP contribution < -0.4 is 5.32 Å². The van der Waals surface area contributed by atoms with Crippen molar-refractivity contribution in [1.29, 1.82) is 0 Å². The number of carbonyl (C=O) groups excluding carboxylic acids is 1. The molecular formula is C17H19FN2O. The lowest BCUT2D eigenvalue weighted by Crippen LogP contribution is -2.29. The van der Waals surface area contributed by atoms with Crippen LogP contribution in [0.25, 0.3) is 0 Å². The van der Waals surface area contributed by atoms with Gasteiger partial charge in [-0.3, -0.25) is 4.79 Å². The van der Waals surface area contributed by atoms with E-state index in [1.54, 1.807) is 0 Å². The lowest BCUT2D eigenvalue weighted by atomic mass is 9.97. The Morgan fingerprint density at radius 1 is 1.19 bits per heavy atom. The summed E-state index contributed by atoms with van der Waals surface area (Å²) in [4.78, 5) is 15.8. The predicted octanol–water partition coefficient (Wildman–Crippen LogP) is 3.74. The van der Waals surface area contributed by atoms with E-state index in [1.165, 1.54) is 18.3 Å². The van der Waals surface area contributed by atoms with Crippen LogP contribution in [0.5, 0.6) is 0 Å². The Bertz CT molecular complexity index is 581. The molecule has 0 saturated carbocycles. The van der Waals surface area contributed by atoms with Crippen molar-refractivity contribution in [3.8, 4) is 0 Å². The molecule has 2 aromatic rings. The van der Waals surface area contributed by atoms with Crippen molar-refractivity contribution >= 4 is 5.91 Å². The Kier molecular flexibility index (Phi) is 5.04. The highest BCUT2D eigenvalue weighted by molar-refractivity contribution is 5.94. The van der Waals surface area contributed by atoms with Gasteiger partial charge in [-0.05, 0) is 30.0 Å². The lowest BCUT2D eigenvalue weighted by molar-refractivity contribution is 0.0931. The molecule has 1 amide bonds. The number of carbonyl (C=O) groups is 1. The molecule has 1 aromatic carbocycles. The molecule has 21 heavy (non-hydrogen) atoms. The molecule has 0 spiro atoms. The van der Waals surface area contributed by atoms with Gasteiger partial charge >= 0.3 is 0 Å². The lowest BCUT2D eigenvalue weighted by Gasteiger charge is -2.21. The van der Waals surface area contributed by atoms with Crippen LogP contribution >= 0.6 is 0 Å². The molecule has 1 heterocycles. The summed E-state index contributed by atoms with van der Waals surface area (Å²) in [6, 6.07) is 12.4. The first-order valence-electron chi connectivity index (χ1n) is 7.03. The fourth-order valence-electron chi connectivity index (χ4n) is 2.19. The maximum absolute atomic E-state index is 12.8. The highest BCUT2D eigenvalue weighted by atomic mass is 19.1. The summed E-state index contributed by atoms with van der Waals surface area (Å²) in [5.74, 6) is -0.382. The van der Waals surface area contributed by atoms with Crippen LogP contribution in [0.3, 0.4) is 0 Å². The van der Waals surface area contributed by atoms with E-state index in [9.17, 15) is 9.18 Å². The summed E-state index contributed by atoms with van der Waals surface area (Å²) in [6.45, 7) is 4.23. The molecule has 1 N–H and O–H groups in total. The number of benzene rings is 1. The average Bonchev–Trinajstić information content (AvgIpc) is 2.47. The molecular weight excluding hydrogens is 267 g/mol. The van der Waals surface area contributed by atoms with Crippen LogP contribution in [-0.4, -0.2) is 10.9 Å². The third-order valence-electron chi connectivity index (χ3n) is 3.20. The number of hydrogen-bond donors (Lipinski definition) is 1. The van der Waals surface area contributed by atoms with E-state index >= 15 is 0 Å². The summed E-state index contributed by atoms with van der Waals surface area (Å²) in [7, 11) is 0. The Morgan fingerprint density at radius 2 is 1.90 bits per heavy atom. The molecule has 0 aliphatic carbocycles. The quantitative estimate of drug-likeness (QED) is 0.851. The number of nitrogens with zero attached hydrogens (tertiary/aromatic N) is 1. The summed E-state index contributed by atoms with van der Waals surface area (Å²) in [5, 5.41) is 3.00. The molecule has 0 aliphatic heterocycles. The van der Waals surface area contributed by atoms with Crippen LogP contribution in [0.15, 0.2) is 48.7 Å². The first kappa shape index (κ1) is 15.2. The van der Waals surface area contributed by atoms with E-state index in [0.717, 1.165) is 12.0 Å². The number of hydrogen-bond acceptors (Lipinski definition) is 2. The first-order valence-corrected chi connectivity index (χ1v) is 7.03. The van der Waals surface area contributed by atoms with Gasteiger partial charge in [-0.1, -0.05) is 44.2 Å². The Labute approximate surface area is 124 Å². The maximum Gasteiger partial charge on any atom is 0.253 e. The van der Waals surface area contributed by atoms with E-state index in [1.807, 2.05) is 30.3 Å². The highest BCUT2D eigenvalue weighted by Gasteiger charge is 2.17. The van der Waals surface area contributed by atoms with Crippen molar-refractivity contribution < 1.29 is 9.18 Å². The highest BCUT2D eigenvalue weighted by Crippen LogP contribution is 2.21. The van der Waals surface area contributed by atoms with Crippen molar-refractivity contribution in [3.63, 3.8) is 0 Å². The average molecular weight is 286 g/mol. The molecule has 0 aliphatic rings. The molecule has 0 bridgehead atoms. The SMILES string of the molecule is CC(C)CC(NC(=O)c1ccc(F)nc1)c1ccccc1. The predicted molar refractivity (Wildman–Crippen MR) is 80.3 cm³/mol. The molecule has 2 rings (SSSR count). The van der Waals surface area contributed by atoms with Gasteiger partial charge in [-0.2, -0.15) is 4.39 Å². The number of nitrogens with one attached hydrogen (secondary N) is 1. The van der Waals surface area contributed by atoms with E-state index < -0.39 is 5.95 Å². The number of halogens is 1. The van der Waals surface area contributed by atoms with Gasteiger partial charge in [0.2, 0.25) is 5.95 Å². The molecule has 0 radical (unpaired) electrons. The number of amides is 1. The number of pyridine rings is 1. The van der Waals surface area contributed by atoms with E-state index in [4.69, 9.17) is 0 Å². The van der Waals surface area contributed by atoms with Crippen LogP contribution in [0.1, 0.15) is 42.2 Å². The number of rotatable bonds is 5. The van der Waals surface area contributed by atoms with Crippen LogP contribution in [0.4, 0.5) is 4.39 Å². The monoisotopic (exact) mass is 286 g/mol. The topological polar surface area (TPSA) is 42.0 Å². The largest absolute Gasteiger partial charge is 0.345 e. The zero-order chi connectivity index (χ0) is 15.2. The standard InChI is InChI=1S/C17H19FN2O/c1-12(2)10-15(13-6-4-3-5-7-13)20-17(21)14-8-9-16(18)19-11-14/h3-9,11-12,15H,10H2,1-2H3,(H,20,21). The molecule has 1 atom stereocenters. The molecule has 4 heteroatoms. The van der Waals surface area contributed by atoms with Crippen LogP contribution in [0.2, 0.25) is 0 Å². The van der Waals surface area contributed by atoms with Gasteiger partial charge in [0.25, 0.3) is 5.91 Å². The minimum atomic E-state index is -0.590. The maximum atomic E-state index is 12.8. The van der Waals surface area contributed by atoms with Crippen molar-refractivity contribution in [2.45, 2.75) is 26.3 Å². The summed E-state index contributed by atoms with van der Waals surface area (Å²) in [5.41, 5.74) is 1.43. The Morgan fingerprint density at radius 3 is 2.48 bits per heavy atom. The zero-order valence-electron chi connectivity index (χ0n) is 12.2. The third-order valence-corrected chi connectivity index (χ3v) is 3.20. The Hall–Kier alpha value is -2.23.